The van der Waals surface area contributed by atoms with Gasteiger partial charge in [0.1, 0.15) is 0 Å². The van der Waals surface area contributed by atoms with Crippen LogP contribution in [0, 0.1) is 0 Å². The van der Waals surface area contributed by atoms with Crippen molar-refractivity contribution in [3.05, 3.63) is 22.2 Å². The lowest BCUT2D eigenvalue weighted by Gasteiger charge is -2.06. The Morgan fingerprint density at radius 1 is 1.41 bits per heavy atom. The van der Waals surface area contributed by atoms with E-state index in [1.807, 2.05) is 0 Å². The number of rotatable bonds is 4. The normalized spacial score (nSPS) is 12.6. The fourth-order valence-electron chi connectivity index (χ4n) is 1.53. The van der Waals surface area contributed by atoms with Gasteiger partial charge in [0.15, 0.2) is 11.5 Å². The third kappa shape index (κ3) is 2.89. The highest BCUT2D eigenvalue weighted by Gasteiger charge is 2.17. The van der Waals surface area contributed by atoms with Crippen LogP contribution < -0.4 is 14.8 Å². The molecule has 1 amide bonds. The zero-order chi connectivity index (χ0) is 12.3. The molecule has 0 aliphatic carbocycles. The van der Waals surface area contributed by atoms with Gasteiger partial charge in [0.05, 0.1) is 13.0 Å². The van der Waals surface area contributed by atoms with Crippen molar-refractivity contribution >= 4 is 21.8 Å². The number of ether oxygens (including phenoxy) is 2. The summed E-state index contributed by atoms with van der Waals surface area (Å²) in [5, 5.41) is 11.2. The molecule has 1 aliphatic rings. The number of nitrogens with one attached hydrogen (secondary N) is 1. The Morgan fingerprint density at radius 2 is 2.12 bits per heavy atom. The highest BCUT2D eigenvalue weighted by atomic mass is 79.9. The van der Waals surface area contributed by atoms with Crippen LogP contribution in [0.4, 0.5) is 0 Å². The highest BCUT2D eigenvalue weighted by Crippen LogP contribution is 2.36. The molecule has 1 aliphatic heterocycles. The number of benzene rings is 1. The maximum atomic E-state index is 11.5. The van der Waals surface area contributed by atoms with Gasteiger partial charge in [-0.05, 0) is 17.7 Å². The molecule has 0 aromatic heterocycles. The van der Waals surface area contributed by atoms with E-state index in [1.165, 1.54) is 0 Å². The minimum absolute atomic E-state index is 0.0615. The predicted octanol–water partition coefficient (Wildman–Crippen LogP) is 0.829. The highest BCUT2D eigenvalue weighted by molar-refractivity contribution is 9.10. The Balaban J connectivity index is 2.08. The van der Waals surface area contributed by atoms with Crippen LogP contribution >= 0.6 is 15.9 Å². The van der Waals surface area contributed by atoms with Crippen LogP contribution in [-0.2, 0) is 11.2 Å². The van der Waals surface area contributed by atoms with Crippen LogP contribution in [0.1, 0.15) is 5.56 Å². The number of aliphatic hydroxyl groups excluding tert-OH is 1. The van der Waals surface area contributed by atoms with E-state index >= 15 is 0 Å². The minimum Gasteiger partial charge on any atom is -0.454 e. The van der Waals surface area contributed by atoms with Crippen LogP contribution in [0.3, 0.4) is 0 Å². The quantitative estimate of drug-likeness (QED) is 0.864. The fraction of sp³-hybridized carbons (Fsp3) is 0.364. The fourth-order valence-corrected chi connectivity index (χ4v) is 1.99. The van der Waals surface area contributed by atoms with Crippen LogP contribution in [0.25, 0.3) is 0 Å². The maximum Gasteiger partial charge on any atom is 0.231 e. The average molecular weight is 302 g/mol. The second kappa shape index (κ2) is 5.37. The van der Waals surface area contributed by atoms with E-state index in [0.717, 1.165) is 10.0 Å². The zero-order valence-corrected chi connectivity index (χ0v) is 10.6. The lowest BCUT2D eigenvalue weighted by Crippen LogP contribution is -2.27. The number of hydrogen-bond donors (Lipinski definition) is 2. The molecule has 6 heteroatoms. The van der Waals surface area contributed by atoms with Crippen molar-refractivity contribution in [2.75, 3.05) is 19.9 Å². The molecule has 2 rings (SSSR count). The largest absolute Gasteiger partial charge is 0.454 e. The smallest absolute Gasteiger partial charge is 0.231 e. The van der Waals surface area contributed by atoms with Gasteiger partial charge in [-0.25, -0.2) is 0 Å². The first-order valence-electron chi connectivity index (χ1n) is 5.16. The van der Waals surface area contributed by atoms with Gasteiger partial charge in [0.2, 0.25) is 12.7 Å². The van der Waals surface area contributed by atoms with Gasteiger partial charge in [-0.1, -0.05) is 15.9 Å². The molecule has 0 bridgehead atoms. The van der Waals surface area contributed by atoms with E-state index in [4.69, 9.17) is 14.6 Å². The third-order valence-corrected chi connectivity index (χ3v) is 3.06. The van der Waals surface area contributed by atoms with Gasteiger partial charge >= 0.3 is 0 Å². The van der Waals surface area contributed by atoms with E-state index in [2.05, 4.69) is 21.2 Å². The number of hydrogen-bond acceptors (Lipinski definition) is 4. The van der Waals surface area contributed by atoms with E-state index in [1.54, 1.807) is 12.1 Å². The number of aliphatic hydroxyl groups is 1. The summed E-state index contributed by atoms with van der Waals surface area (Å²) in [7, 11) is 0. The second-order valence-corrected chi connectivity index (χ2v) is 4.40. The first kappa shape index (κ1) is 12.2. The van der Waals surface area contributed by atoms with Crippen molar-refractivity contribution in [3.8, 4) is 11.5 Å². The maximum absolute atomic E-state index is 11.5. The molecule has 1 aromatic rings. The summed E-state index contributed by atoms with van der Waals surface area (Å²) < 4.78 is 11.3. The Hall–Kier alpha value is -1.27. The van der Waals surface area contributed by atoms with Crippen LogP contribution in [-0.4, -0.2) is 31.0 Å². The van der Waals surface area contributed by atoms with Crippen molar-refractivity contribution < 1.29 is 19.4 Å². The van der Waals surface area contributed by atoms with Gasteiger partial charge in [0.25, 0.3) is 0 Å². The van der Waals surface area contributed by atoms with Crippen LogP contribution in [0.5, 0.6) is 11.5 Å². The molecule has 0 atom stereocenters. The number of amides is 1. The van der Waals surface area contributed by atoms with Crippen LogP contribution in [0.2, 0.25) is 0 Å². The zero-order valence-electron chi connectivity index (χ0n) is 9.03. The van der Waals surface area contributed by atoms with Gasteiger partial charge in [-0.15, -0.1) is 0 Å². The average Bonchev–Trinajstić information content (AvgIpc) is 2.74. The number of carbonyl (C=O) groups is 1. The summed E-state index contributed by atoms with van der Waals surface area (Å²) in [5.41, 5.74) is 0.824. The standard InChI is InChI=1S/C11H12BrNO4/c12-8-5-10-9(16-6-17-10)3-7(8)4-11(15)13-1-2-14/h3,5,14H,1-2,4,6H2,(H,13,15). The molecule has 1 aromatic carbocycles. The van der Waals surface area contributed by atoms with E-state index in [9.17, 15) is 4.79 Å². The summed E-state index contributed by atoms with van der Waals surface area (Å²) >= 11 is 3.38. The first-order valence-corrected chi connectivity index (χ1v) is 5.95. The van der Waals surface area contributed by atoms with Gasteiger partial charge < -0.3 is 19.9 Å². The molecule has 1 heterocycles. The molecule has 0 saturated heterocycles. The van der Waals surface area contributed by atoms with Crippen molar-refractivity contribution in [1.82, 2.24) is 5.32 Å². The Labute approximate surface area is 107 Å². The van der Waals surface area contributed by atoms with E-state index in [-0.39, 0.29) is 32.3 Å². The predicted molar refractivity (Wildman–Crippen MR) is 64.1 cm³/mol. The molecule has 92 valence electrons. The van der Waals surface area contributed by atoms with E-state index in [0.29, 0.717) is 11.5 Å². The summed E-state index contributed by atoms with van der Waals surface area (Å²) in [6.45, 7) is 0.414. The monoisotopic (exact) mass is 301 g/mol. The van der Waals surface area contributed by atoms with Crippen molar-refractivity contribution in [3.63, 3.8) is 0 Å². The lowest BCUT2D eigenvalue weighted by atomic mass is 10.1. The van der Waals surface area contributed by atoms with Gasteiger partial charge in [0, 0.05) is 11.0 Å². The SMILES string of the molecule is O=C(Cc1cc2c(cc1Br)OCO2)NCCO. The first-order chi connectivity index (χ1) is 8.20. The number of halogens is 1. The van der Waals surface area contributed by atoms with Gasteiger partial charge in [-0.2, -0.15) is 0 Å². The van der Waals surface area contributed by atoms with Crippen molar-refractivity contribution in [2.45, 2.75) is 6.42 Å². The molecular weight excluding hydrogens is 290 g/mol. The second-order valence-electron chi connectivity index (χ2n) is 3.55. The molecule has 0 fully saturated rings. The molecule has 0 saturated carbocycles. The molecule has 0 radical (unpaired) electrons. The van der Waals surface area contributed by atoms with Crippen molar-refractivity contribution in [1.29, 1.82) is 0 Å². The van der Waals surface area contributed by atoms with Gasteiger partial charge in [-0.3, -0.25) is 4.79 Å². The molecule has 0 unspecified atom stereocenters. The topological polar surface area (TPSA) is 67.8 Å². The van der Waals surface area contributed by atoms with E-state index < -0.39 is 0 Å². The lowest BCUT2D eigenvalue weighted by molar-refractivity contribution is -0.120. The summed E-state index contributed by atoms with van der Waals surface area (Å²) in [4.78, 5) is 11.5. The Bertz CT molecular complexity index is 436. The molecule has 2 N–H and O–H groups in total. The molecule has 17 heavy (non-hydrogen) atoms. The van der Waals surface area contributed by atoms with Crippen molar-refractivity contribution in [2.24, 2.45) is 0 Å². The molecule has 0 spiro atoms. The number of fused-ring (bicyclic) bond motifs is 1. The Kier molecular flexibility index (Phi) is 3.86. The Morgan fingerprint density at radius 3 is 2.82 bits per heavy atom. The van der Waals surface area contributed by atoms with Crippen LogP contribution in [0.15, 0.2) is 16.6 Å². The molecule has 5 nitrogen and oxygen atoms in total. The summed E-state index contributed by atoms with van der Waals surface area (Å²) in [6.07, 6.45) is 0.233. The third-order valence-electron chi connectivity index (χ3n) is 2.33. The number of carbonyl (C=O) groups excluding carboxylic acids is 1. The summed E-state index contributed by atoms with van der Waals surface area (Å²) in [6, 6.07) is 3.57. The molecular formula is C11H12BrNO4. The summed E-state index contributed by atoms with van der Waals surface area (Å²) in [5.74, 6) is 1.19. The minimum atomic E-state index is -0.140.